The Morgan fingerprint density at radius 3 is 1.12 bits per heavy atom. The highest BCUT2D eigenvalue weighted by molar-refractivity contribution is 5.89. The topological polar surface area (TPSA) is 71.1 Å². The Balaban J connectivity index is 5.48. The van der Waals surface area contributed by atoms with Gasteiger partial charge in [-0.1, -0.05) is 0 Å². The van der Waals surface area contributed by atoms with Crippen molar-refractivity contribution in [1.82, 2.24) is 0 Å². The van der Waals surface area contributed by atoms with E-state index in [1.165, 1.54) is 0 Å². The van der Waals surface area contributed by atoms with Gasteiger partial charge in [0.25, 0.3) is 0 Å². The first-order valence-electron chi connectivity index (χ1n) is 2.97. The summed E-state index contributed by atoms with van der Waals surface area (Å²) in [4.78, 5) is 27.9. The van der Waals surface area contributed by atoms with Crippen LogP contribution in [0.25, 0.3) is 0 Å². The standard InChI is InChI=1S/C4F6O6/c5-3(15-9,1(11)13-7)4(6,16-10)2(12)14-8. The van der Waals surface area contributed by atoms with Gasteiger partial charge < -0.3 is 0 Å². The van der Waals surface area contributed by atoms with Crippen LogP contribution >= 0.6 is 0 Å². The van der Waals surface area contributed by atoms with Crippen molar-refractivity contribution in [3.63, 3.8) is 0 Å². The first kappa shape index (κ1) is 14.4. The third-order valence-electron chi connectivity index (χ3n) is 1.29. The van der Waals surface area contributed by atoms with E-state index in [0.29, 0.717) is 0 Å². The Morgan fingerprint density at radius 1 is 0.750 bits per heavy atom. The molecule has 94 valence electrons. The van der Waals surface area contributed by atoms with Crippen LogP contribution in [0.3, 0.4) is 0 Å². The molecule has 0 aliphatic rings. The smallest absolute Gasteiger partial charge is 0.248 e. The molecule has 0 spiro atoms. The minimum Gasteiger partial charge on any atom is -0.248 e. The second kappa shape index (κ2) is 4.98. The van der Waals surface area contributed by atoms with Gasteiger partial charge in [0.2, 0.25) is 0 Å². The Kier molecular flexibility index (Phi) is 4.49. The van der Waals surface area contributed by atoms with Gasteiger partial charge >= 0.3 is 23.6 Å². The van der Waals surface area contributed by atoms with Crippen molar-refractivity contribution in [3.05, 3.63) is 0 Å². The van der Waals surface area contributed by atoms with E-state index in [0.717, 1.165) is 0 Å². The minimum atomic E-state index is -5.40. The lowest BCUT2D eigenvalue weighted by Crippen LogP contribution is -2.59. The summed E-state index contributed by atoms with van der Waals surface area (Å²) in [5.74, 6) is -17.2. The van der Waals surface area contributed by atoms with Crippen LogP contribution in [0.2, 0.25) is 0 Å². The maximum Gasteiger partial charge on any atom is 0.422 e. The van der Waals surface area contributed by atoms with Crippen molar-refractivity contribution in [3.8, 4) is 0 Å². The minimum absolute atomic E-state index is 1.88. The van der Waals surface area contributed by atoms with Crippen LogP contribution in [0, 0.1) is 0 Å². The largest absolute Gasteiger partial charge is 0.422 e. The summed E-state index contributed by atoms with van der Waals surface area (Å²) in [6, 6.07) is 0. The van der Waals surface area contributed by atoms with Crippen LogP contribution in [0.1, 0.15) is 0 Å². The molecule has 0 aliphatic heterocycles. The van der Waals surface area contributed by atoms with Crippen molar-refractivity contribution in [2.24, 2.45) is 0 Å². The van der Waals surface area contributed by atoms with Crippen molar-refractivity contribution in [2.45, 2.75) is 11.7 Å². The summed E-state index contributed by atoms with van der Waals surface area (Å²) in [5, 5.41) is 0. The van der Waals surface area contributed by atoms with Gasteiger partial charge in [0.15, 0.2) is 0 Å². The third kappa shape index (κ3) is 1.88. The summed E-state index contributed by atoms with van der Waals surface area (Å²) >= 11 is 0. The Hall–Kier alpha value is -1.56. The predicted molar refractivity (Wildman–Crippen MR) is 26.5 cm³/mol. The van der Waals surface area contributed by atoms with Gasteiger partial charge in [-0.25, -0.2) is 19.5 Å². The molecule has 16 heavy (non-hydrogen) atoms. The number of hydrogen-bond donors (Lipinski definition) is 0. The number of alkyl halides is 2. The Bertz CT molecular complexity index is 258. The third-order valence-corrected chi connectivity index (χ3v) is 1.29. The number of halogens is 6. The molecule has 0 radical (unpaired) electrons. The van der Waals surface area contributed by atoms with Crippen LogP contribution in [0.15, 0.2) is 0 Å². The van der Waals surface area contributed by atoms with E-state index in [4.69, 9.17) is 0 Å². The number of hydrogen-bond acceptors (Lipinski definition) is 6. The second-order valence-corrected chi connectivity index (χ2v) is 2.07. The van der Waals surface area contributed by atoms with Crippen molar-refractivity contribution >= 4 is 11.9 Å². The quantitative estimate of drug-likeness (QED) is 0.684. The van der Waals surface area contributed by atoms with E-state index < -0.39 is 23.6 Å². The Labute approximate surface area is 81.2 Å². The van der Waals surface area contributed by atoms with E-state index in [-0.39, 0.29) is 0 Å². The predicted octanol–water partition coefficient (Wildman–Crippen LogP) is 0.976. The molecule has 0 bridgehead atoms. The molecule has 0 saturated heterocycles. The normalized spacial score (nSPS) is 18.1. The van der Waals surface area contributed by atoms with Crippen molar-refractivity contribution < 1.29 is 56.2 Å². The molecule has 0 fully saturated rings. The van der Waals surface area contributed by atoms with Gasteiger partial charge in [-0.3, -0.25) is 0 Å². The maximum absolute atomic E-state index is 12.9. The highest BCUT2D eigenvalue weighted by Gasteiger charge is 2.73. The highest BCUT2D eigenvalue weighted by atomic mass is 19.3. The molecule has 0 aromatic heterocycles. The van der Waals surface area contributed by atoms with E-state index in [1.54, 1.807) is 0 Å². The first-order chi connectivity index (χ1) is 7.33. The van der Waals surface area contributed by atoms with Gasteiger partial charge in [0.05, 0.1) is 0 Å². The first-order valence-corrected chi connectivity index (χ1v) is 2.97. The summed E-state index contributed by atoms with van der Waals surface area (Å²) in [7, 11) is 0. The molecule has 0 rings (SSSR count). The van der Waals surface area contributed by atoms with E-state index in [9.17, 15) is 36.5 Å². The van der Waals surface area contributed by atoms with Crippen LogP contribution in [-0.2, 0) is 29.4 Å². The molecule has 6 nitrogen and oxygen atoms in total. The molecule has 2 unspecified atom stereocenters. The van der Waals surface area contributed by atoms with Crippen LogP contribution in [0.4, 0.5) is 26.9 Å². The molecule has 2 atom stereocenters. The van der Waals surface area contributed by atoms with E-state index in [2.05, 4.69) is 0 Å². The SMILES string of the molecule is O=C(OF)C(F)(OF)C(F)(OF)C(=O)OF. The van der Waals surface area contributed by atoms with Gasteiger partial charge in [-0.05, 0) is 9.05 Å². The average Bonchev–Trinajstić information content (AvgIpc) is 2.34. The molecular weight excluding hydrogens is 258 g/mol. The summed E-state index contributed by atoms with van der Waals surface area (Å²) < 4.78 is 71.1. The fourth-order valence-corrected chi connectivity index (χ4v) is 0.524. The van der Waals surface area contributed by atoms with E-state index in [1.807, 2.05) is 19.8 Å². The van der Waals surface area contributed by atoms with Crippen molar-refractivity contribution in [1.29, 1.82) is 0 Å². The number of rotatable bonds is 5. The second-order valence-electron chi connectivity index (χ2n) is 2.07. The zero-order valence-corrected chi connectivity index (χ0v) is 6.72. The molecule has 0 saturated carbocycles. The zero-order valence-electron chi connectivity index (χ0n) is 6.72. The summed E-state index contributed by atoms with van der Waals surface area (Å²) in [6.07, 6.45) is 0. The van der Waals surface area contributed by atoms with Crippen LogP contribution < -0.4 is 0 Å². The van der Waals surface area contributed by atoms with Gasteiger partial charge in [0, 0.05) is 9.05 Å². The average molecular weight is 258 g/mol. The van der Waals surface area contributed by atoms with Crippen molar-refractivity contribution in [2.75, 3.05) is 0 Å². The van der Waals surface area contributed by atoms with Gasteiger partial charge in [0.1, 0.15) is 0 Å². The maximum atomic E-state index is 12.9. The number of carbonyl (C=O) groups excluding carboxylic acids is 2. The molecule has 0 amide bonds. The molecule has 0 aliphatic carbocycles. The monoisotopic (exact) mass is 258 g/mol. The molecular formula is C4F6O6. The van der Waals surface area contributed by atoms with E-state index >= 15 is 0 Å². The van der Waals surface area contributed by atoms with Gasteiger partial charge in [-0.2, -0.15) is 8.78 Å². The molecule has 0 aromatic rings. The fourth-order valence-electron chi connectivity index (χ4n) is 0.524. The fraction of sp³-hybridized carbons (Fsp3) is 0.500. The lowest BCUT2D eigenvalue weighted by molar-refractivity contribution is -0.420. The molecule has 0 heterocycles. The lowest BCUT2D eigenvalue weighted by Gasteiger charge is -2.24. The highest BCUT2D eigenvalue weighted by Crippen LogP contribution is 2.37. The zero-order chi connectivity index (χ0) is 13.0. The summed E-state index contributed by atoms with van der Waals surface area (Å²) in [5.41, 5.74) is 0. The number of carbonyl (C=O) groups is 2. The lowest BCUT2D eigenvalue weighted by atomic mass is 10.1. The van der Waals surface area contributed by atoms with Crippen LogP contribution in [0.5, 0.6) is 0 Å². The summed E-state index contributed by atoms with van der Waals surface area (Å²) in [6.45, 7) is 0. The molecule has 0 N–H and O–H groups in total. The van der Waals surface area contributed by atoms with Crippen LogP contribution in [-0.4, -0.2) is 23.6 Å². The Morgan fingerprint density at radius 2 is 1.00 bits per heavy atom. The molecule has 12 heteroatoms. The van der Waals surface area contributed by atoms with Gasteiger partial charge in [-0.15, -0.1) is 9.88 Å². The molecule has 0 aromatic carbocycles.